The monoisotopic (exact) mass is 223 g/mol. The molecule has 1 unspecified atom stereocenters. The number of nitrogens with zero attached hydrogens (tertiary/aromatic N) is 2. The Balaban J connectivity index is 1.73. The van der Waals surface area contributed by atoms with Gasteiger partial charge in [0.15, 0.2) is 0 Å². The molecule has 2 saturated heterocycles. The van der Waals surface area contributed by atoms with Gasteiger partial charge in [0.25, 0.3) is 0 Å². The molecule has 0 aromatic heterocycles. The van der Waals surface area contributed by atoms with Crippen LogP contribution < -0.4 is 5.32 Å². The summed E-state index contributed by atoms with van der Waals surface area (Å²) < 4.78 is 0. The Morgan fingerprint density at radius 2 is 2.00 bits per heavy atom. The van der Waals surface area contributed by atoms with Crippen LogP contribution in [0.3, 0.4) is 0 Å². The Morgan fingerprint density at radius 3 is 2.69 bits per heavy atom. The molecule has 4 heteroatoms. The van der Waals surface area contributed by atoms with E-state index in [4.69, 9.17) is 0 Å². The summed E-state index contributed by atoms with van der Waals surface area (Å²) in [6, 6.07) is 1.09. The molecule has 2 heterocycles. The third-order valence-electron chi connectivity index (χ3n) is 3.90. The zero-order valence-electron chi connectivity index (χ0n) is 9.82. The van der Waals surface area contributed by atoms with Gasteiger partial charge in [-0.15, -0.1) is 0 Å². The van der Waals surface area contributed by atoms with E-state index in [-0.39, 0.29) is 0 Å². The van der Waals surface area contributed by atoms with E-state index in [0.29, 0.717) is 18.0 Å². The van der Waals surface area contributed by atoms with E-state index in [1.54, 1.807) is 0 Å². The molecule has 3 fully saturated rings. The Bertz CT molecular complexity index is 271. The summed E-state index contributed by atoms with van der Waals surface area (Å²) in [5.41, 5.74) is 0. The molecule has 1 saturated carbocycles. The zero-order valence-corrected chi connectivity index (χ0v) is 9.82. The molecule has 4 nitrogen and oxygen atoms in total. The molecule has 3 rings (SSSR count). The van der Waals surface area contributed by atoms with Crippen LogP contribution in [0, 0.1) is 0 Å². The third-order valence-corrected chi connectivity index (χ3v) is 3.90. The van der Waals surface area contributed by atoms with Crippen LogP contribution in [0.25, 0.3) is 0 Å². The molecule has 1 amide bonds. The van der Waals surface area contributed by atoms with Gasteiger partial charge in [-0.3, -0.25) is 9.80 Å². The third kappa shape index (κ3) is 1.96. The summed E-state index contributed by atoms with van der Waals surface area (Å²) >= 11 is 0. The van der Waals surface area contributed by atoms with Crippen molar-refractivity contribution in [2.24, 2.45) is 0 Å². The van der Waals surface area contributed by atoms with Crippen molar-refractivity contribution in [2.75, 3.05) is 19.6 Å². The largest absolute Gasteiger partial charge is 0.315 e. The summed E-state index contributed by atoms with van der Waals surface area (Å²) in [7, 11) is 0. The summed E-state index contributed by atoms with van der Waals surface area (Å²) in [6.07, 6.45) is 6.73. The number of piperidine rings is 1. The Kier molecular flexibility index (Phi) is 2.86. The van der Waals surface area contributed by atoms with Gasteiger partial charge in [0.05, 0.1) is 6.04 Å². The first-order valence-electron chi connectivity index (χ1n) is 6.65. The average Bonchev–Trinajstić information content (AvgIpc) is 3.14. The lowest BCUT2D eigenvalue weighted by atomic mass is 10.1. The van der Waals surface area contributed by atoms with Crippen LogP contribution in [0.15, 0.2) is 0 Å². The van der Waals surface area contributed by atoms with Gasteiger partial charge in [0, 0.05) is 25.6 Å². The van der Waals surface area contributed by atoms with E-state index >= 15 is 0 Å². The van der Waals surface area contributed by atoms with Gasteiger partial charge in [0.2, 0.25) is 5.91 Å². The van der Waals surface area contributed by atoms with Gasteiger partial charge < -0.3 is 5.32 Å². The highest BCUT2D eigenvalue weighted by atomic mass is 16.2. The number of hydrazine groups is 1. The first-order chi connectivity index (χ1) is 7.86. The van der Waals surface area contributed by atoms with Crippen LogP contribution in [0.1, 0.15) is 38.5 Å². The van der Waals surface area contributed by atoms with Crippen molar-refractivity contribution in [1.82, 2.24) is 15.3 Å². The maximum atomic E-state index is 12.1. The Hall–Kier alpha value is -0.610. The highest BCUT2D eigenvalue weighted by molar-refractivity contribution is 5.76. The van der Waals surface area contributed by atoms with E-state index in [1.807, 2.05) is 0 Å². The fourth-order valence-corrected chi connectivity index (χ4v) is 2.94. The zero-order chi connectivity index (χ0) is 11.0. The van der Waals surface area contributed by atoms with Crippen molar-refractivity contribution in [2.45, 2.75) is 50.6 Å². The van der Waals surface area contributed by atoms with Gasteiger partial charge in [-0.1, -0.05) is 0 Å². The van der Waals surface area contributed by atoms with Crippen molar-refractivity contribution in [3.8, 4) is 0 Å². The first-order valence-corrected chi connectivity index (χ1v) is 6.65. The predicted octanol–water partition coefficient (Wildman–Crippen LogP) is 0.740. The molecule has 0 bridgehead atoms. The summed E-state index contributed by atoms with van der Waals surface area (Å²) in [6.45, 7) is 3.18. The van der Waals surface area contributed by atoms with Crippen molar-refractivity contribution < 1.29 is 4.79 Å². The summed E-state index contributed by atoms with van der Waals surface area (Å²) in [5, 5.41) is 7.88. The number of carbonyl (C=O) groups excluding carboxylic acids is 1. The van der Waals surface area contributed by atoms with Crippen LogP contribution in [0.4, 0.5) is 0 Å². The molecule has 1 aliphatic carbocycles. The molecular formula is C12H21N3O. The van der Waals surface area contributed by atoms with Crippen molar-refractivity contribution in [1.29, 1.82) is 0 Å². The van der Waals surface area contributed by atoms with Crippen LogP contribution in [0.2, 0.25) is 0 Å². The van der Waals surface area contributed by atoms with E-state index in [1.165, 1.54) is 25.7 Å². The molecule has 0 spiro atoms. The van der Waals surface area contributed by atoms with Crippen LogP contribution in [-0.4, -0.2) is 47.6 Å². The average molecular weight is 223 g/mol. The highest BCUT2D eigenvalue weighted by Gasteiger charge is 2.40. The highest BCUT2D eigenvalue weighted by Crippen LogP contribution is 2.32. The standard InChI is InChI=1S/C12H21N3O/c16-12-4-2-8-14(10-5-6-10)15(12)11-3-1-7-13-9-11/h10-11,13H,1-9H2. The first kappa shape index (κ1) is 10.5. The lowest BCUT2D eigenvalue weighted by Crippen LogP contribution is -2.59. The van der Waals surface area contributed by atoms with Gasteiger partial charge in [-0.05, 0) is 38.6 Å². The molecule has 1 atom stereocenters. The molecule has 1 N–H and O–H groups in total. The minimum Gasteiger partial charge on any atom is -0.315 e. The van der Waals surface area contributed by atoms with Crippen LogP contribution in [-0.2, 0) is 4.79 Å². The number of amides is 1. The summed E-state index contributed by atoms with van der Waals surface area (Å²) in [5.74, 6) is 0.354. The van der Waals surface area contributed by atoms with Crippen molar-refractivity contribution in [3.63, 3.8) is 0 Å². The molecular weight excluding hydrogens is 202 g/mol. The second kappa shape index (κ2) is 4.34. The normalized spacial score (nSPS) is 33.1. The molecule has 2 aliphatic heterocycles. The number of carbonyl (C=O) groups is 1. The maximum absolute atomic E-state index is 12.1. The lowest BCUT2D eigenvalue weighted by Gasteiger charge is -2.45. The van der Waals surface area contributed by atoms with Gasteiger partial charge >= 0.3 is 0 Å². The van der Waals surface area contributed by atoms with Gasteiger partial charge in [0.1, 0.15) is 0 Å². The smallest absolute Gasteiger partial charge is 0.237 e. The molecule has 0 aromatic carbocycles. The fraction of sp³-hybridized carbons (Fsp3) is 0.917. The Labute approximate surface area is 96.9 Å². The summed E-state index contributed by atoms with van der Waals surface area (Å²) in [4.78, 5) is 12.1. The minimum atomic E-state index is 0.354. The van der Waals surface area contributed by atoms with Gasteiger partial charge in [-0.2, -0.15) is 0 Å². The van der Waals surface area contributed by atoms with Gasteiger partial charge in [-0.25, -0.2) is 5.01 Å². The fourth-order valence-electron chi connectivity index (χ4n) is 2.94. The topological polar surface area (TPSA) is 35.6 Å². The number of rotatable bonds is 2. The van der Waals surface area contributed by atoms with E-state index in [9.17, 15) is 4.79 Å². The Morgan fingerprint density at radius 1 is 1.12 bits per heavy atom. The number of nitrogens with one attached hydrogen (secondary N) is 1. The second-order valence-electron chi connectivity index (χ2n) is 5.24. The molecule has 0 aromatic rings. The second-order valence-corrected chi connectivity index (χ2v) is 5.24. The number of hydrogen-bond donors (Lipinski definition) is 1. The minimum absolute atomic E-state index is 0.354. The molecule has 0 radical (unpaired) electrons. The lowest BCUT2D eigenvalue weighted by molar-refractivity contribution is -0.165. The van der Waals surface area contributed by atoms with E-state index < -0.39 is 0 Å². The molecule has 16 heavy (non-hydrogen) atoms. The van der Waals surface area contributed by atoms with Crippen molar-refractivity contribution >= 4 is 5.91 Å². The van der Waals surface area contributed by atoms with E-state index in [2.05, 4.69) is 15.3 Å². The molecule has 90 valence electrons. The van der Waals surface area contributed by atoms with E-state index in [0.717, 1.165) is 32.5 Å². The predicted molar refractivity (Wildman–Crippen MR) is 61.7 cm³/mol. The maximum Gasteiger partial charge on any atom is 0.237 e. The molecule has 3 aliphatic rings. The number of hydrogen-bond acceptors (Lipinski definition) is 3. The SMILES string of the molecule is O=C1CCCN(C2CC2)N1C1CCCNC1. The van der Waals surface area contributed by atoms with Crippen LogP contribution >= 0.6 is 0 Å². The van der Waals surface area contributed by atoms with Crippen molar-refractivity contribution in [3.05, 3.63) is 0 Å². The quantitative estimate of drug-likeness (QED) is 0.750. The van der Waals surface area contributed by atoms with Crippen LogP contribution in [0.5, 0.6) is 0 Å².